The van der Waals surface area contributed by atoms with Gasteiger partial charge in [-0.1, -0.05) is 6.92 Å². The van der Waals surface area contributed by atoms with Crippen molar-refractivity contribution in [1.82, 2.24) is 5.32 Å². The number of nitrogens with one attached hydrogen (secondary N) is 1. The van der Waals surface area contributed by atoms with Crippen molar-refractivity contribution in [3.8, 4) is 0 Å². The first-order valence-electron chi connectivity index (χ1n) is 7.28. The van der Waals surface area contributed by atoms with Crippen LogP contribution in [0.15, 0.2) is 18.2 Å². The topological polar surface area (TPSA) is 41.6 Å². The molecule has 1 aromatic carbocycles. The van der Waals surface area contributed by atoms with Crippen molar-refractivity contribution in [2.75, 3.05) is 38.2 Å². The number of rotatable bonds is 3. The highest BCUT2D eigenvalue weighted by Gasteiger charge is 2.33. The molecule has 1 N–H and O–H groups in total. The van der Waals surface area contributed by atoms with E-state index < -0.39 is 0 Å². The molecule has 1 atom stereocenters. The predicted molar refractivity (Wildman–Crippen MR) is 79.3 cm³/mol. The number of nitrogens with zero attached hydrogens (tertiary/aromatic N) is 1. The number of hydrogen-bond acceptors (Lipinski definition) is 4. The molecule has 1 saturated heterocycles. The van der Waals surface area contributed by atoms with Crippen molar-refractivity contribution in [3.63, 3.8) is 0 Å². The smallest absolute Gasteiger partial charge is 0.337 e. The van der Waals surface area contributed by atoms with E-state index in [9.17, 15) is 4.79 Å². The largest absolute Gasteiger partial charge is 0.465 e. The molecule has 3 rings (SSSR count). The van der Waals surface area contributed by atoms with E-state index in [4.69, 9.17) is 4.74 Å². The molecule has 0 bridgehead atoms. The van der Waals surface area contributed by atoms with Gasteiger partial charge >= 0.3 is 5.97 Å². The summed E-state index contributed by atoms with van der Waals surface area (Å²) in [6.07, 6.45) is 2.25. The van der Waals surface area contributed by atoms with Crippen LogP contribution in [0.1, 0.15) is 29.3 Å². The Kier molecular flexibility index (Phi) is 3.42. The SMILES string of the molecule is COC(=O)c1ccc2c(c1)CCN2CC1(C)CCNC1. The van der Waals surface area contributed by atoms with Gasteiger partial charge in [0.05, 0.1) is 12.7 Å². The van der Waals surface area contributed by atoms with Gasteiger partial charge in [-0.25, -0.2) is 4.79 Å². The van der Waals surface area contributed by atoms with E-state index in [1.165, 1.54) is 24.8 Å². The van der Waals surface area contributed by atoms with Crippen LogP contribution in [0.25, 0.3) is 0 Å². The third kappa shape index (κ3) is 2.40. The monoisotopic (exact) mass is 274 g/mol. The summed E-state index contributed by atoms with van der Waals surface area (Å²) in [6.45, 7) is 6.71. The maximum absolute atomic E-state index is 11.6. The fourth-order valence-corrected chi connectivity index (χ4v) is 3.34. The number of benzene rings is 1. The molecule has 4 nitrogen and oxygen atoms in total. The van der Waals surface area contributed by atoms with Gasteiger partial charge in [-0.05, 0) is 48.6 Å². The Bertz CT molecular complexity index is 521. The van der Waals surface area contributed by atoms with Gasteiger partial charge in [0.25, 0.3) is 0 Å². The predicted octanol–water partition coefficient (Wildman–Crippen LogP) is 1.84. The summed E-state index contributed by atoms with van der Waals surface area (Å²) in [5, 5.41) is 3.45. The summed E-state index contributed by atoms with van der Waals surface area (Å²) in [5.74, 6) is -0.252. The van der Waals surface area contributed by atoms with Gasteiger partial charge in [0.2, 0.25) is 0 Å². The quantitative estimate of drug-likeness (QED) is 0.854. The molecular formula is C16H22N2O2. The molecule has 108 valence electrons. The lowest BCUT2D eigenvalue weighted by Gasteiger charge is -2.31. The second-order valence-corrected chi connectivity index (χ2v) is 6.24. The average Bonchev–Trinajstić information content (AvgIpc) is 3.05. The minimum absolute atomic E-state index is 0.252. The van der Waals surface area contributed by atoms with Crippen LogP contribution in [-0.4, -0.2) is 39.3 Å². The molecule has 2 aliphatic heterocycles. The molecular weight excluding hydrogens is 252 g/mol. The molecule has 0 spiro atoms. The number of carbonyl (C=O) groups is 1. The first-order chi connectivity index (χ1) is 9.61. The van der Waals surface area contributed by atoms with Crippen molar-refractivity contribution in [3.05, 3.63) is 29.3 Å². The first-order valence-corrected chi connectivity index (χ1v) is 7.28. The van der Waals surface area contributed by atoms with E-state index in [1.807, 2.05) is 12.1 Å². The van der Waals surface area contributed by atoms with E-state index >= 15 is 0 Å². The zero-order chi connectivity index (χ0) is 14.2. The molecule has 1 aromatic rings. The van der Waals surface area contributed by atoms with Gasteiger partial charge in [0.15, 0.2) is 0 Å². The zero-order valence-corrected chi connectivity index (χ0v) is 12.2. The average molecular weight is 274 g/mol. The molecule has 4 heteroatoms. The Labute approximate surface area is 120 Å². The molecule has 2 aliphatic rings. The second-order valence-electron chi connectivity index (χ2n) is 6.24. The lowest BCUT2D eigenvalue weighted by molar-refractivity contribution is 0.0600. The molecule has 0 amide bonds. The van der Waals surface area contributed by atoms with E-state index in [0.717, 1.165) is 32.6 Å². The number of esters is 1. The van der Waals surface area contributed by atoms with Crippen molar-refractivity contribution in [2.24, 2.45) is 5.41 Å². The molecule has 2 heterocycles. The lowest BCUT2D eigenvalue weighted by Crippen LogP contribution is -2.36. The molecule has 0 saturated carbocycles. The molecule has 0 radical (unpaired) electrons. The van der Waals surface area contributed by atoms with Crippen molar-refractivity contribution in [2.45, 2.75) is 19.8 Å². The van der Waals surface area contributed by atoms with Crippen molar-refractivity contribution < 1.29 is 9.53 Å². The maximum atomic E-state index is 11.6. The maximum Gasteiger partial charge on any atom is 0.337 e. The van der Waals surface area contributed by atoms with Gasteiger partial charge in [0.1, 0.15) is 0 Å². The second kappa shape index (κ2) is 5.09. The van der Waals surface area contributed by atoms with E-state index in [2.05, 4.69) is 23.2 Å². The van der Waals surface area contributed by atoms with E-state index in [0.29, 0.717) is 11.0 Å². The van der Waals surface area contributed by atoms with Gasteiger partial charge in [-0.3, -0.25) is 0 Å². The lowest BCUT2D eigenvalue weighted by atomic mass is 9.89. The summed E-state index contributed by atoms with van der Waals surface area (Å²) in [6, 6.07) is 5.93. The molecule has 1 fully saturated rings. The fraction of sp³-hybridized carbons (Fsp3) is 0.562. The molecule has 20 heavy (non-hydrogen) atoms. The number of anilines is 1. The Balaban J connectivity index is 1.78. The number of hydrogen-bond donors (Lipinski definition) is 1. The van der Waals surface area contributed by atoms with E-state index in [-0.39, 0.29) is 5.97 Å². The van der Waals surface area contributed by atoms with Crippen LogP contribution in [0.2, 0.25) is 0 Å². The van der Waals surface area contributed by atoms with Crippen LogP contribution in [-0.2, 0) is 11.2 Å². The highest BCUT2D eigenvalue weighted by atomic mass is 16.5. The third-order valence-electron chi connectivity index (χ3n) is 4.52. The Hall–Kier alpha value is -1.55. The summed E-state index contributed by atoms with van der Waals surface area (Å²) < 4.78 is 4.79. The minimum atomic E-state index is -0.252. The summed E-state index contributed by atoms with van der Waals surface area (Å²) in [5.41, 5.74) is 3.57. The van der Waals surface area contributed by atoms with Gasteiger partial charge in [-0.2, -0.15) is 0 Å². The highest BCUT2D eigenvalue weighted by molar-refractivity contribution is 5.90. The standard InChI is InChI=1S/C16H22N2O2/c1-16(6-7-17-10-16)11-18-8-5-12-9-13(15(19)20-2)3-4-14(12)18/h3-4,9,17H,5-8,10-11H2,1-2H3. The summed E-state index contributed by atoms with van der Waals surface area (Å²) in [4.78, 5) is 14.0. The normalized spacial score (nSPS) is 24.8. The van der Waals surface area contributed by atoms with Crippen LogP contribution in [0.4, 0.5) is 5.69 Å². The van der Waals surface area contributed by atoms with Crippen molar-refractivity contribution in [1.29, 1.82) is 0 Å². The van der Waals surface area contributed by atoms with Crippen LogP contribution in [0, 0.1) is 5.41 Å². The van der Waals surface area contributed by atoms with Crippen molar-refractivity contribution >= 4 is 11.7 Å². The fourth-order valence-electron chi connectivity index (χ4n) is 3.34. The van der Waals surface area contributed by atoms with Crippen LogP contribution in [0.5, 0.6) is 0 Å². The molecule has 0 aliphatic carbocycles. The van der Waals surface area contributed by atoms with Gasteiger partial charge in [0, 0.05) is 25.3 Å². The number of carbonyl (C=O) groups excluding carboxylic acids is 1. The van der Waals surface area contributed by atoms with Crippen LogP contribution >= 0.6 is 0 Å². The zero-order valence-electron chi connectivity index (χ0n) is 12.2. The van der Waals surface area contributed by atoms with E-state index in [1.54, 1.807) is 0 Å². The van der Waals surface area contributed by atoms with Gasteiger partial charge in [-0.15, -0.1) is 0 Å². The Morgan fingerprint density at radius 2 is 2.35 bits per heavy atom. The van der Waals surface area contributed by atoms with Crippen LogP contribution in [0.3, 0.4) is 0 Å². The number of ether oxygens (including phenoxy) is 1. The summed E-state index contributed by atoms with van der Waals surface area (Å²) >= 11 is 0. The highest BCUT2D eigenvalue weighted by Crippen LogP contribution is 2.34. The van der Waals surface area contributed by atoms with Crippen LogP contribution < -0.4 is 10.2 Å². The third-order valence-corrected chi connectivity index (χ3v) is 4.52. The first kappa shape index (κ1) is 13.4. The number of methoxy groups -OCH3 is 1. The molecule has 1 unspecified atom stereocenters. The number of fused-ring (bicyclic) bond motifs is 1. The molecule has 0 aromatic heterocycles. The van der Waals surface area contributed by atoms with Gasteiger partial charge < -0.3 is 15.0 Å². The Morgan fingerprint density at radius 1 is 1.50 bits per heavy atom. The summed E-state index contributed by atoms with van der Waals surface area (Å²) in [7, 11) is 1.43. The minimum Gasteiger partial charge on any atom is -0.465 e. The Morgan fingerprint density at radius 3 is 3.05 bits per heavy atom.